The molecule has 18 heavy (non-hydrogen) atoms. The summed E-state index contributed by atoms with van der Waals surface area (Å²) >= 11 is 0. The van der Waals surface area contributed by atoms with Crippen molar-refractivity contribution in [3.8, 4) is 0 Å². The normalized spacial score (nSPS) is 24.9. The molecular formula is C14H28N2O2. The van der Waals surface area contributed by atoms with E-state index in [0.29, 0.717) is 18.5 Å². The van der Waals surface area contributed by atoms with Crippen molar-refractivity contribution in [2.24, 2.45) is 5.92 Å². The molecule has 1 aliphatic rings. The van der Waals surface area contributed by atoms with Crippen molar-refractivity contribution in [2.75, 3.05) is 13.2 Å². The second kappa shape index (κ2) is 7.10. The Morgan fingerprint density at radius 3 is 2.61 bits per heavy atom. The van der Waals surface area contributed by atoms with Crippen LogP contribution in [0.1, 0.15) is 52.9 Å². The summed E-state index contributed by atoms with van der Waals surface area (Å²) in [6, 6.07) is 0.291. The lowest BCUT2D eigenvalue weighted by molar-refractivity contribution is -0.122. The molecule has 2 atom stereocenters. The summed E-state index contributed by atoms with van der Waals surface area (Å²) < 4.78 is 0. The number of amides is 1. The Kier molecular flexibility index (Phi) is 6.09. The molecule has 106 valence electrons. The van der Waals surface area contributed by atoms with Crippen LogP contribution in [0.3, 0.4) is 0 Å². The van der Waals surface area contributed by atoms with Crippen molar-refractivity contribution in [1.82, 2.24) is 10.6 Å². The summed E-state index contributed by atoms with van der Waals surface area (Å²) in [4.78, 5) is 11.8. The zero-order chi connectivity index (χ0) is 13.6. The Balaban J connectivity index is 2.33. The standard InChI is InChI=1S/C14H28N2O2/c1-4-14(2,3)16-13(18)9-15-12-8-6-5-7-11(12)10-17/h11-12,15,17H,4-10H2,1-3H3,(H,16,18). The molecule has 1 amide bonds. The minimum absolute atomic E-state index is 0.0455. The lowest BCUT2D eigenvalue weighted by atomic mass is 9.85. The molecule has 3 N–H and O–H groups in total. The highest BCUT2D eigenvalue weighted by atomic mass is 16.3. The van der Waals surface area contributed by atoms with Gasteiger partial charge in [0.05, 0.1) is 6.54 Å². The molecule has 0 radical (unpaired) electrons. The zero-order valence-electron chi connectivity index (χ0n) is 12.0. The predicted molar refractivity (Wildman–Crippen MR) is 73.3 cm³/mol. The average molecular weight is 256 g/mol. The number of rotatable bonds is 6. The summed E-state index contributed by atoms with van der Waals surface area (Å²) in [5, 5.41) is 15.6. The Hall–Kier alpha value is -0.610. The molecule has 0 aromatic heterocycles. The van der Waals surface area contributed by atoms with Crippen molar-refractivity contribution in [3.05, 3.63) is 0 Å². The fraction of sp³-hybridized carbons (Fsp3) is 0.929. The van der Waals surface area contributed by atoms with E-state index < -0.39 is 0 Å². The van der Waals surface area contributed by atoms with E-state index in [1.165, 1.54) is 12.8 Å². The minimum Gasteiger partial charge on any atom is -0.396 e. The number of aliphatic hydroxyl groups excluding tert-OH is 1. The van der Waals surface area contributed by atoms with Gasteiger partial charge in [0.25, 0.3) is 0 Å². The fourth-order valence-corrected chi connectivity index (χ4v) is 2.43. The van der Waals surface area contributed by atoms with Crippen molar-refractivity contribution in [3.63, 3.8) is 0 Å². The minimum atomic E-state index is -0.137. The maximum atomic E-state index is 11.8. The van der Waals surface area contributed by atoms with Crippen LogP contribution in [0.2, 0.25) is 0 Å². The van der Waals surface area contributed by atoms with Gasteiger partial charge in [-0.25, -0.2) is 0 Å². The van der Waals surface area contributed by atoms with E-state index in [9.17, 15) is 9.90 Å². The smallest absolute Gasteiger partial charge is 0.234 e. The van der Waals surface area contributed by atoms with Crippen LogP contribution in [-0.4, -0.2) is 35.7 Å². The second-order valence-electron chi connectivity index (χ2n) is 6.00. The lowest BCUT2D eigenvalue weighted by Crippen LogP contribution is -2.49. The van der Waals surface area contributed by atoms with E-state index >= 15 is 0 Å². The van der Waals surface area contributed by atoms with Crippen molar-refractivity contribution < 1.29 is 9.90 Å². The zero-order valence-corrected chi connectivity index (χ0v) is 12.0. The summed E-state index contributed by atoms with van der Waals surface area (Å²) in [6.45, 7) is 6.70. The Labute approximate surface area is 111 Å². The monoisotopic (exact) mass is 256 g/mol. The molecule has 4 nitrogen and oxygen atoms in total. The van der Waals surface area contributed by atoms with Crippen LogP contribution in [0.15, 0.2) is 0 Å². The highest BCUT2D eigenvalue weighted by molar-refractivity contribution is 5.78. The number of aliphatic hydroxyl groups is 1. The van der Waals surface area contributed by atoms with E-state index in [0.717, 1.165) is 19.3 Å². The Morgan fingerprint density at radius 1 is 1.33 bits per heavy atom. The molecule has 1 aliphatic carbocycles. The van der Waals surface area contributed by atoms with E-state index in [1.807, 2.05) is 13.8 Å². The molecule has 0 saturated heterocycles. The number of carbonyl (C=O) groups excluding carboxylic acids is 1. The van der Waals surface area contributed by atoms with Gasteiger partial charge in [-0.3, -0.25) is 4.79 Å². The van der Waals surface area contributed by atoms with Gasteiger partial charge in [0.15, 0.2) is 0 Å². The van der Waals surface area contributed by atoms with Gasteiger partial charge in [-0.2, -0.15) is 0 Å². The molecule has 0 spiro atoms. The van der Waals surface area contributed by atoms with E-state index in [4.69, 9.17) is 0 Å². The van der Waals surface area contributed by atoms with Crippen molar-refractivity contribution in [1.29, 1.82) is 0 Å². The first kappa shape index (κ1) is 15.4. The van der Waals surface area contributed by atoms with Crippen LogP contribution in [0.4, 0.5) is 0 Å². The summed E-state index contributed by atoms with van der Waals surface area (Å²) in [5.74, 6) is 0.356. The van der Waals surface area contributed by atoms with Crippen molar-refractivity contribution >= 4 is 5.91 Å². The first-order valence-corrected chi connectivity index (χ1v) is 7.13. The highest BCUT2D eigenvalue weighted by Crippen LogP contribution is 2.23. The third-order valence-corrected chi connectivity index (χ3v) is 4.03. The van der Waals surface area contributed by atoms with Crippen LogP contribution in [0, 0.1) is 5.92 Å². The average Bonchev–Trinajstić information content (AvgIpc) is 2.36. The second-order valence-corrected chi connectivity index (χ2v) is 6.00. The molecule has 2 unspecified atom stereocenters. The van der Waals surface area contributed by atoms with Gasteiger partial charge in [-0.05, 0) is 39.0 Å². The van der Waals surface area contributed by atoms with Crippen molar-refractivity contribution in [2.45, 2.75) is 64.5 Å². The molecule has 1 rings (SSSR count). The number of hydrogen-bond acceptors (Lipinski definition) is 3. The maximum Gasteiger partial charge on any atom is 0.234 e. The van der Waals surface area contributed by atoms with Gasteiger partial charge >= 0.3 is 0 Å². The molecule has 4 heteroatoms. The van der Waals surface area contributed by atoms with Crippen LogP contribution in [-0.2, 0) is 4.79 Å². The van der Waals surface area contributed by atoms with Crippen LogP contribution in [0.25, 0.3) is 0 Å². The van der Waals surface area contributed by atoms with E-state index in [1.54, 1.807) is 0 Å². The quantitative estimate of drug-likeness (QED) is 0.674. The number of carbonyl (C=O) groups is 1. The highest BCUT2D eigenvalue weighted by Gasteiger charge is 2.25. The van der Waals surface area contributed by atoms with Gasteiger partial charge in [0.1, 0.15) is 0 Å². The first-order valence-electron chi connectivity index (χ1n) is 7.13. The molecule has 0 aromatic rings. The maximum absolute atomic E-state index is 11.8. The van der Waals surface area contributed by atoms with E-state index in [2.05, 4.69) is 17.6 Å². The van der Waals surface area contributed by atoms with Crippen LogP contribution >= 0.6 is 0 Å². The molecule has 1 saturated carbocycles. The third kappa shape index (κ3) is 4.94. The SMILES string of the molecule is CCC(C)(C)NC(=O)CNC1CCCCC1CO. The first-order chi connectivity index (χ1) is 8.48. The van der Waals surface area contributed by atoms with E-state index in [-0.39, 0.29) is 18.1 Å². The summed E-state index contributed by atoms with van der Waals surface area (Å²) in [5.41, 5.74) is -0.137. The van der Waals surface area contributed by atoms with Gasteiger partial charge < -0.3 is 15.7 Å². The molecule has 0 heterocycles. The number of hydrogen-bond donors (Lipinski definition) is 3. The lowest BCUT2D eigenvalue weighted by Gasteiger charge is -2.31. The van der Waals surface area contributed by atoms with Gasteiger partial charge in [-0.1, -0.05) is 19.8 Å². The molecule has 1 fully saturated rings. The molecule has 0 aliphatic heterocycles. The third-order valence-electron chi connectivity index (χ3n) is 4.03. The van der Waals surface area contributed by atoms with Crippen LogP contribution in [0.5, 0.6) is 0 Å². The van der Waals surface area contributed by atoms with Gasteiger partial charge in [0, 0.05) is 18.2 Å². The fourth-order valence-electron chi connectivity index (χ4n) is 2.43. The molecule has 0 bridgehead atoms. The van der Waals surface area contributed by atoms with Gasteiger partial charge in [-0.15, -0.1) is 0 Å². The predicted octanol–water partition coefficient (Wildman–Crippen LogP) is 1.43. The Morgan fingerprint density at radius 2 is 2.00 bits per heavy atom. The largest absolute Gasteiger partial charge is 0.396 e. The Bertz CT molecular complexity index is 267. The van der Waals surface area contributed by atoms with Crippen LogP contribution < -0.4 is 10.6 Å². The van der Waals surface area contributed by atoms with Gasteiger partial charge in [0.2, 0.25) is 5.91 Å². The number of nitrogens with one attached hydrogen (secondary N) is 2. The molecule has 0 aromatic carbocycles. The summed E-state index contributed by atoms with van der Waals surface area (Å²) in [6.07, 6.45) is 5.43. The topological polar surface area (TPSA) is 61.4 Å². The molecular weight excluding hydrogens is 228 g/mol. The summed E-state index contributed by atoms with van der Waals surface area (Å²) in [7, 11) is 0.